The van der Waals surface area contributed by atoms with E-state index < -0.39 is 0 Å². The molecule has 144 valence electrons. The number of aromatic nitrogens is 3. The first-order chi connectivity index (χ1) is 13.3. The van der Waals surface area contributed by atoms with Crippen molar-refractivity contribution in [3.8, 4) is 5.69 Å². The van der Waals surface area contributed by atoms with E-state index in [1.807, 2.05) is 33.8 Å². The van der Waals surface area contributed by atoms with E-state index in [1.54, 1.807) is 36.4 Å². The molecule has 0 atom stereocenters. The Morgan fingerprint density at radius 3 is 2.36 bits per heavy atom. The SMILES string of the molecule is Cc1c(NC(=O)c2ccccc2-n2cncn2)cccc1C(=O)NC(C)(C)C. The van der Waals surface area contributed by atoms with Crippen LogP contribution in [0, 0.1) is 6.92 Å². The molecule has 2 aromatic carbocycles. The topological polar surface area (TPSA) is 88.9 Å². The molecule has 3 aromatic rings. The number of benzene rings is 2. The Balaban J connectivity index is 1.88. The zero-order valence-electron chi connectivity index (χ0n) is 16.4. The minimum Gasteiger partial charge on any atom is -0.347 e. The minimum absolute atomic E-state index is 0.177. The van der Waals surface area contributed by atoms with Crippen molar-refractivity contribution in [2.24, 2.45) is 0 Å². The van der Waals surface area contributed by atoms with Crippen LogP contribution in [-0.4, -0.2) is 32.1 Å². The van der Waals surface area contributed by atoms with E-state index in [0.717, 1.165) is 0 Å². The predicted octanol–water partition coefficient (Wildman–Crippen LogP) is 3.36. The Kier molecular flexibility index (Phi) is 5.26. The molecule has 1 heterocycles. The minimum atomic E-state index is -0.348. The quantitative estimate of drug-likeness (QED) is 0.730. The maximum atomic E-state index is 12.9. The lowest BCUT2D eigenvalue weighted by molar-refractivity contribution is 0.0917. The molecule has 0 saturated carbocycles. The van der Waals surface area contributed by atoms with Crippen molar-refractivity contribution >= 4 is 17.5 Å². The molecule has 0 aliphatic heterocycles. The summed E-state index contributed by atoms with van der Waals surface area (Å²) in [5.74, 6) is -0.466. The van der Waals surface area contributed by atoms with Crippen LogP contribution in [0.5, 0.6) is 0 Å². The van der Waals surface area contributed by atoms with Gasteiger partial charge in [0.15, 0.2) is 0 Å². The van der Waals surface area contributed by atoms with Gasteiger partial charge in [-0.05, 0) is 57.5 Å². The molecule has 0 saturated heterocycles. The van der Waals surface area contributed by atoms with Crippen LogP contribution in [0.4, 0.5) is 5.69 Å². The van der Waals surface area contributed by atoms with Crippen molar-refractivity contribution in [1.82, 2.24) is 20.1 Å². The molecule has 1 aromatic heterocycles. The van der Waals surface area contributed by atoms with Gasteiger partial charge in [0.05, 0.1) is 11.3 Å². The number of rotatable bonds is 4. The third-order valence-corrected chi connectivity index (χ3v) is 4.13. The molecular formula is C21H23N5O2. The number of carbonyl (C=O) groups excluding carboxylic acids is 2. The predicted molar refractivity (Wildman–Crippen MR) is 108 cm³/mol. The first kappa shape index (κ1) is 19.3. The van der Waals surface area contributed by atoms with Gasteiger partial charge in [0.2, 0.25) is 0 Å². The van der Waals surface area contributed by atoms with Crippen LogP contribution >= 0.6 is 0 Å². The summed E-state index contributed by atoms with van der Waals surface area (Å²) in [5, 5.41) is 9.95. The summed E-state index contributed by atoms with van der Waals surface area (Å²) < 4.78 is 1.54. The van der Waals surface area contributed by atoms with Gasteiger partial charge in [-0.15, -0.1) is 0 Å². The summed E-state index contributed by atoms with van der Waals surface area (Å²) in [6.45, 7) is 7.59. The smallest absolute Gasteiger partial charge is 0.257 e. The van der Waals surface area contributed by atoms with Crippen molar-refractivity contribution in [2.45, 2.75) is 33.2 Å². The molecule has 2 amide bonds. The molecule has 0 bridgehead atoms. The van der Waals surface area contributed by atoms with Gasteiger partial charge in [-0.2, -0.15) is 5.10 Å². The average molecular weight is 377 g/mol. The Hall–Kier alpha value is -3.48. The molecule has 0 radical (unpaired) electrons. The molecule has 0 fully saturated rings. The normalized spacial score (nSPS) is 11.1. The second kappa shape index (κ2) is 7.64. The highest BCUT2D eigenvalue weighted by Gasteiger charge is 2.19. The summed E-state index contributed by atoms with van der Waals surface area (Å²) in [6, 6.07) is 12.4. The fraction of sp³-hybridized carbons (Fsp3) is 0.238. The van der Waals surface area contributed by atoms with E-state index in [1.165, 1.54) is 17.3 Å². The van der Waals surface area contributed by atoms with Crippen LogP contribution in [0.1, 0.15) is 47.1 Å². The van der Waals surface area contributed by atoms with Gasteiger partial charge >= 0.3 is 0 Å². The summed E-state index contributed by atoms with van der Waals surface area (Å²) >= 11 is 0. The van der Waals surface area contributed by atoms with Crippen LogP contribution in [0.15, 0.2) is 55.1 Å². The summed E-state index contributed by atoms with van der Waals surface area (Å²) in [5.41, 5.74) is 2.54. The van der Waals surface area contributed by atoms with Crippen molar-refractivity contribution in [2.75, 3.05) is 5.32 Å². The van der Waals surface area contributed by atoms with Crippen LogP contribution in [0.2, 0.25) is 0 Å². The first-order valence-corrected chi connectivity index (χ1v) is 8.94. The number of para-hydroxylation sites is 1. The van der Waals surface area contributed by atoms with Crippen molar-refractivity contribution in [3.63, 3.8) is 0 Å². The number of anilines is 1. The molecule has 28 heavy (non-hydrogen) atoms. The molecule has 0 aliphatic rings. The van der Waals surface area contributed by atoms with E-state index in [2.05, 4.69) is 20.7 Å². The maximum absolute atomic E-state index is 12.9. The highest BCUT2D eigenvalue weighted by Crippen LogP contribution is 2.22. The van der Waals surface area contributed by atoms with Gasteiger partial charge in [-0.25, -0.2) is 9.67 Å². The summed E-state index contributed by atoms with van der Waals surface area (Å²) in [7, 11) is 0. The molecule has 3 rings (SSSR count). The van der Waals surface area contributed by atoms with Crippen LogP contribution in [0.3, 0.4) is 0 Å². The van der Waals surface area contributed by atoms with Gasteiger partial charge < -0.3 is 10.6 Å². The number of hydrogen-bond acceptors (Lipinski definition) is 4. The number of hydrogen-bond donors (Lipinski definition) is 2. The zero-order chi connectivity index (χ0) is 20.3. The second-order valence-electron chi connectivity index (χ2n) is 7.49. The van der Waals surface area contributed by atoms with Gasteiger partial charge in [-0.3, -0.25) is 9.59 Å². The monoisotopic (exact) mass is 377 g/mol. The van der Waals surface area contributed by atoms with Crippen LogP contribution in [0.25, 0.3) is 5.69 Å². The summed E-state index contributed by atoms with van der Waals surface area (Å²) in [6.07, 6.45) is 2.95. The van der Waals surface area contributed by atoms with Gasteiger partial charge in [0.25, 0.3) is 11.8 Å². The molecule has 7 nitrogen and oxygen atoms in total. The zero-order valence-corrected chi connectivity index (χ0v) is 16.4. The van der Waals surface area contributed by atoms with Crippen molar-refractivity contribution in [3.05, 3.63) is 71.8 Å². The van der Waals surface area contributed by atoms with Crippen LogP contribution < -0.4 is 10.6 Å². The highest BCUT2D eigenvalue weighted by molar-refractivity contribution is 6.08. The van der Waals surface area contributed by atoms with Gasteiger partial charge in [0.1, 0.15) is 12.7 Å². The van der Waals surface area contributed by atoms with E-state index >= 15 is 0 Å². The van der Waals surface area contributed by atoms with Crippen LogP contribution in [-0.2, 0) is 0 Å². The average Bonchev–Trinajstić information content (AvgIpc) is 3.16. The number of amides is 2. The first-order valence-electron chi connectivity index (χ1n) is 8.94. The maximum Gasteiger partial charge on any atom is 0.257 e. The standard InChI is InChI=1S/C21H23N5O2/c1-14-15(20(28)25-21(2,3)4)9-7-10-17(14)24-19(27)16-8-5-6-11-18(16)26-13-22-12-23-26/h5-13H,1-4H3,(H,24,27)(H,25,28). The molecule has 2 N–H and O–H groups in total. The molecule has 0 aliphatic carbocycles. The Bertz CT molecular complexity index is 1000. The lowest BCUT2D eigenvalue weighted by Crippen LogP contribution is -2.40. The lowest BCUT2D eigenvalue weighted by Gasteiger charge is -2.22. The second-order valence-corrected chi connectivity index (χ2v) is 7.49. The number of nitrogens with zero attached hydrogens (tertiary/aromatic N) is 3. The van der Waals surface area contributed by atoms with E-state index in [4.69, 9.17) is 0 Å². The highest BCUT2D eigenvalue weighted by atomic mass is 16.2. The van der Waals surface area contributed by atoms with Gasteiger partial charge in [-0.1, -0.05) is 18.2 Å². The Morgan fingerprint density at radius 2 is 1.68 bits per heavy atom. The lowest BCUT2D eigenvalue weighted by atomic mass is 10.0. The van der Waals surface area contributed by atoms with Gasteiger partial charge in [0, 0.05) is 16.8 Å². The largest absolute Gasteiger partial charge is 0.347 e. The molecule has 0 unspecified atom stereocenters. The third-order valence-electron chi connectivity index (χ3n) is 4.13. The molecule has 0 spiro atoms. The van der Waals surface area contributed by atoms with E-state index in [0.29, 0.717) is 28.1 Å². The van der Waals surface area contributed by atoms with E-state index in [-0.39, 0.29) is 17.4 Å². The summed E-state index contributed by atoms with van der Waals surface area (Å²) in [4.78, 5) is 29.4. The Labute approximate surface area is 163 Å². The fourth-order valence-electron chi connectivity index (χ4n) is 2.81. The molecular weight excluding hydrogens is 354 g/mol. The fourth-order valence-corrected chi connectivity index (χ4v) is 2.81. The number of carbonyl (C=O) groups is 2. The van der Waals surface area contributed by atoms with Crippen molar-refractivity contribution < 1.29 is 9.59 Å². The number of nitrogens with one attached hydrogen (secondary N) is 2. The molecule has 7 heteroatoms. The van der Waals surface area contributed by atoms with E-state index in [9.17, 15) is 9.59 Å². The van der Waals surface area contributed by atoms with Crippen molar-refractivity contribution in [1.29, 1.82) is 0 Å². The third kappa shape index (κ3) is 4.25. The Morgan fingerprint density at radius 1 is 0.964 bits per heavy atom.